The van der Waals surface area contributed by atoms with Crippen molar-refractivity contribution in [1.82, 2.24) is 10.2 Å². The number of fused-ring (bicyclic) bond motifs is 1. The zero-order valence-corrected chi connectivity index (χ0v) is 17.6. The number of carbonyl (C=O) groups excluding carboxylic acids is 2. The van der Waals surface area contributed by atoms with Gasteiger partial charge in [0.2, 0.25) is 0 Å². The van der Waals surface area contributed by atoms with Gasteiger partial charge in [-0.15, -0.1) is 0 Å². The number of nitrogens with zero attached hydrogens (tertiary/aromatic N) is 1. The average Bonchev–Trinajstić information content (AvgIpc) is 3.08. The van der Waals surface area contributed by atoms with Gasteiger partial charge in [-0.05, 0) is 23.3 Å². The molecule has 6 heteroatoms. The third-order valence-corrected chi connectivity index (χ3v) is 5.45. The van der Waals surface area contributed by atoms with Crippen molar-refractivity contribution in [2.45, 2.75) is 12.2 Å². The Balaban J connectivity index is 1.26. The van der Waals surface area contributed by atoms with E-state index in [4.69, 9.17) is 4.74 Å². The van der Waals surface area contributed by atoms with Gasteiger partial charge in [0, 0.05) is 6.54 Å². The summed E-state index contributed by atoms with van der Waals surface area (Å²) in [5.41, 5.74) is 2.91. The molecule has 5 nitrogen and oxygen atoms in total. The Morgan fingerprint density at radius 3 is 1.81 bits per heavy atom. The Hall–Kier alpha value is -3.35. The summed E-state index contributed by atoms with van der Waals surface area (Å²) in [7, 11) is 0. The first-order valence-corrected chi connectivity index (χ1v) is 10.7. The fraction of sp³-hybridized carbons (Fsp3) is 0.231. The SMILES string of the molecule is O=C1c2ccccc2C(=O)N1CCOCC(F)CNC(c1ccccc1)c1ccccc1. The van der Waals surface area contributed by atoms with Crippen LogP contribution in [0.2, 0.25) is 0 Å². The van der Waals surface area contributed by atoms with Crippen LogP contribution < -0.4 is 5.32 Å². The topological polar surface area (TPSA) is 58.6 Å². The third kappa shape index (κ3) is 4.93. The maximum Gasteiger partial charge on any atom is 0.261 e. The van der Waals surface area contributed by atoms with Crippen LogP contribution in [0.4, 0.5) is 4.39 Å². The van der Waals surface area contributed by atoms with Crippen molar-refractivity contribution in [3.63, 3.8) is 0 Å². The highest BCUT2D eigenvalue weighted by Crippen LogP contribution is 2.23. The molecule has 0 bridgehead atoms. The van der Waals surface area contributed by atoms with Gasteiger partial charge in [0.05, 0.1) is 36.9 Å². The normalized spacial score (nSPS) is 14.1. The largest absolute Gasteiger partial charge is 0.377 e. The first kappa shape index (κ1) is 21.9. The molecule has 3 aromatic carbocycles. The van der Waals surface area contributed by atoms with E-state index in [1.54, 1.807) is 24.3 Å². The molecule has 0 saturated heterocycles. The van der Waals surface area contributed by atoms with E-state index in [0.29, 0.717) is 11.1 Å². The molecular formula is C26H25FN2O3. The maximum atomic E-state index is 14.5. The van der Waals surface area contributed by atoms with Crippen molar-refractivity contribution < 1.29 is 18.7 Å². The monoisotopic (exact) mass is 432 g/mol. The van der Waals surface area contributed by atoms with Gasteiger partial charge in [-0.2, -0.15) is 0 Å². The molecule has 1 heterocycles. The first-order valence-electron chi connectivity index (χ1n) is 10.7. The van der Waals surface area contributed by atoms with Gasteiger partial charge in [-0.1, -0.05) is 72.8 Å². The van der Waals surface area contributed by atoms with Crippen LogP contribution in [0.25, 0.3) is 0 Å². The van der Waals surface area contributed by atoms with E-state index >= 15 is 0 Å². The van der Waals surface area contributed by atoms with Crippen molar-refractivity contribution in [2.24, 2.45) is 0 Å². The van der Waals surface area contributed by atoms with Crippen LogP contribution >= 0.6 is 0 Å². The molecule has 1 N–H and O–H groups in total. The number of rotatable bonds is 10. The Kier molecular flexibility index (Phi) is 7.04. The number of halogens is 1. The molecule has 0 radical (unpaired) electrons. The molecule has 0 aromatic heterocycles. The van der Waals surface area contributed by atoms with Crippen LogP contribution in [-0.4, -0.2) is 49.2 Å². The molecule has 0 fully saturated rings. The third-order valence-electron chi connectivity index (χ3n) is 5.45. The highest BCUT2D eigenvalue weighted by Gasteiger charge is 2.34. The number of benzene rings is 3. The average molecular weight is 432 g/mol. The Morgan fingerprint density at radius 1 is 0.781 bits per heavy atom. The van der Waals surface area contributed by atoms with Gasteiger partial charge in [0.1, 0.15) is 6.17 Å². The predicted molar refractivity (Wildman–Crippen MR) is 120 cm³/mol. The lowest BCUT2D eigenvalue weighted by atomic mass is 9.98. The minimum absolute atomic E-state index is 0.0900. The van der Waals surface area contributed by atoms with Crippen LogP contribution in [0.1, 0.15) is 37.9 Å². The molecule has 0 saturated carbocycles. The molecule has 4 rings (SSSR count). The van der Waals surface area contributed by atoms with Gasteiger partial charge < -0.3 is 10.1 Å². The van der Waals surface area contributed by atoms with E-state index in [9.17, 15) is 14.0 Å². The van der Waals surface area contributed by atoms with Crippen LogP contribution in [0.5, 0.6) is 0 Å². The smallest absolute Gasteiger partial charge is 0.261 e. The second kappa shape index (κ2) is 10.3. The second-order valence-electron chi connectivity index (χ2n) is 7.64. The quantitative estimate of drug-likeness (QED) is 0.388. The lowest BCUT2D eigenvalue weighted by molar-refractivity contribution is 0.0477. The lowest BCUT2D eigenvalue weighted by Gasteiger charge is -2.21. The molecule has 1 aliphatic rings. The minimum atomic E-state index is -1.23. The summed E-state index contributed by atoms with van der Waals surface area (Å²) >= 11 is 0. The molecule has 0 aliphatic carbocycles. The molecule has 0 spiro atoms. The maximum absolute atomic E-state index is 14.5. The standard InChI is InChI=1S/C26H25FN2O3/c27-21(17-28-24(19-9-3-1-4-10-19)20-11-5-2-6-12-20)18-32-16-15-29-25(30)22-13-7-8-14-23(22)26(29)31/h1-14,21,24,28H,15-18H2. The number of hydrogen-bond donors (Lipinski definition) is 1. The summed E-state index contributed by atoms with van der Waals surface area (Å²) in [6.45, 7) is 0.184. The zero-order valence-electron chi connectivity index (χ0n) is 17.6. The number of nitrogens with one attached hydrogen (secondary N) is 1. The number of ether oxygens (including phenoxy) is 1. The molecule has 32 heavy (non-hydrogen) atoms. The lowest BCUT2D eigenvalue weighted by Crippen LogP contribution is -2.35. The zero-order chi connectivity index (χ0) is 22.3. The number of amides is 2. The van der Waals surface area contributed by atoms with E-state index in [2.05, 4.69) is 5.32 Å². The van der Waals surface area contributed by atoms with E-state index in [1.807, 2.05) is 60.7 Å². The molecule has 1 unspecified atom stereocenters. The first-order chi connectivity index (χ1) is 15.6. The van der Waals surface area contributed by atoms with Gasteiger partial charge in [0.15, 0.2) is 0 Å². The Bertz CT molecular complexity index is 984. The molecular weight excluding hydrogens is 407 g/mol. The second-order valence-corrected chi connectivity index (χ2v) is 7.64. The van der Waals surface area contributed by atoms with Crippen molar-refractivity contribution in [3.05, 3.63) is 107 Å². The molecule has 1 atom stereocenters. The van der Waals surface area contributed by atoms with Crippen LogP contribution in [0.3, 0.4) is 0 Å². The predicted octanol–water partition coefficient (Wildman–Crippen LogP) is 4.02. The Morgan fingerprint density at radius 2 is 1.28 bits per heavy atom. The van der Waals surface area contributed by atoms with Crippen LogP contribution in [0, 0.1) is 0 Å². The summed E-state index contributed by atoms with van der Waals surface area (Å²) in [5, 5.41) is 3.29. The fourth-order valence-electron chi connectivity index (χ4n) is 3.83. The number of imide groups is 1. The summed E-state index contributed by atoms with van der Waals surface area (Å²) in [6.07, 6.45) is -1.23. The molecule has 3 aromatic rings. The summed E-state index contributed by atoms with van der Waals surface area (Å²) in [4.78, 5) is 25.8. The minimum Gasteiger partial charge on any atom is -0.377 e. The van der Waals surface area contributed by atoms with E-state index in [1.165, 1.54) is 0 Å². The van der Waals surface area contributed by atoms with E-state index in [-0.39, 0.29) is 44.2 Å². The molecule has 2 amide bonds. The Labute approximate surface area is 186 Å². The van der Waals surface area contributed by atoms with Gasteiger partial charge in [-0.3, -0.25) is 14.5 Å². The van der Waals surface area contributed by atoms with Gasteiger partial charge in [-0.25, -0.2) is 4.39 Å². The highest BCUT2D eigenvalue weighted by molar-refractivity contribution is 6.21. The summed E-state index contributed by atoms with van der Waals surface area (Å²) in [6, 6.07) is 26.4. The van der Waals surface area contributed by atoms with E-state index in [0.717, 1.165) is 16.0 Å². The number of hydrogen-bond acceptors (Lipinski definition) is 4. The number of alkyl halides is 1. The van der Waals surface area contributed by atoms with E-state index < -0.39 is 6.17 Å². The van der Waals surface area contributed by atoms with Crippen molar-refractivity contribution in [3.8, 4) is 0 Å². The molecule has 1 aliphatic heterocycles. The molecule has 164 valence electrons. The van der Waals surface area contributed by atoms with Crippen molar-refractivity contribution in [1.29, 1.82) is 0 Å². The summed E-state index contributed by atoms with van der Waals surface area (Å²) in [5.74, 6) is -0.664. The van der Waals surface area contributed by atoms with Crippen LogP contribution in [-0.2, 0) is 4.74 Å². The van der Waals surface area contributed by atoms with Crippen molar-refractivity contribution >= 4 is 11.8 Å². The van der Waals surface area contributed by atoms with Crippen molar-refractivity contribution in [2.75, 3.05) is 26.3 Å². The number of carbonyl (C=O) groups is 2. The fourth-order valence-corrected chi connectivity index (χ4v) is 3.83. The summed E-state index contributed by atoms with van der Waals surface area (Å²) < 4.78 is 20.0. The highest BCUT2D eigenvalue weighted by atomic mass is 19.1. The van der Waals surface area contributed by atoms with Gasteiger partial charge in [0.25, 0.3) is 11.8 Å². The van der Waals surface area contributed by atoms with Crippen LogP contribution in [0.15, 0.2) is 84.9 Å². The van der Waals surface area contributed by atoms with Gasteiger partial charge >= 0.3 is 0 Å².